The fraction of sp³-hybridized carbons (Fsp3) is 0.438. The summed E-state index contributed by atoms with van der Waals surface area (Å²) >= 11 is 3.58. The zero-order valence-electron chi connectivity index (χ0n) is 12.0. The zero-order valence-corrected chi connectivity index (χ0v) is 13.6. The maximum Gasteiger partial charge on any atom is 0.0756 e. The fourth-order valence-electron chi connectivity index (χ4n) is 2.18. The van der Waals surface area contributed by atoms with Gasteiger partial charge in [0, 0.05) is 27.8 Å². The molecule has 0 fully saturated rings. The summed E-state index contributed by atoms with van der Waals surface area (Å²) < 4.78 is 1.11. The van der Waals surface area contributed by atoms with E-state index in [9.17, 15) is 0 Å². The minimum absolute atomic E-state index is 0.439. The number of fused-ring (bicyclic) bond motifs is 1. The third kappa shape index (κ3) is 3.08. The molecule has 1 N–H and O–H groups in total. The Balaban J connectivity index is 2.67. The molecule has 1 heterocycles. The number of rotatable bonds is 4. The van der Waals surface area contributed by atoms with Gasteiger partial charge in [0.2, 0.25) is 0 Å². The van der Waals surface area contributed by atoms with Crippen LogP contribution < -0.4 is 5.32 Å². The lowest BCUT2D eigenvalue weighted by Crippen LogP contribution is -2.04. The molecule has 2 aromatic rings. The van der Waals surface area contributed by atoms with Crippen molar-refractivity contribution in [3.05, 3.63) is 33.9 Å². The highest BCUT2D eigenvalue weighted by Crippen LogP contribution is 2.31. The number of aryl methyl sites for hydroxylation is 1. The van der Waals surface area contributed by atoms with E-state index in [1.165, 1.54) is 16.6 Å². The average molecular weight is 321 g/mol. The van der Waals surface area contributed by atoms with Gasteiger partial charge in [0.15, 0.2) is 0 Å². The Kier molecular flexibility index (Phi) is 4.46. The number of hydrogen-bond acceptors (Lipinski definition) is 2. The van der Waals surface area contributed by atoms with E-state index in [0.29, 0.717) is 5.92 Å². The second-order valence-corrected chi connectivity index (χ2v) is 6.21. The Morgan fingerprint density at radius 3 is 2.63 bits per heavy atom. The van der Waals surface area contributed by atoms with Crippen LogP contribution in [-0.4, -0.2) is 11.5 Å². The Hall–Kier alpha value is -1.09. The van der Waals surface area contributed by atoms with Gasteiger partial charge in [0.1, 0.15) is 0 Å². The molecule has 0 bridgehead atoms. The van der Waals surface area contributed by atoms with Crippen LogP contribution >= 0.6 is 15.9 Å². The minimum atomic E-state index is 0.439. The smallest absolute Gasteiger partial charge is 0.0756 e. The number of aromatic nitrogens is 1. The second-order valence-electron chi connectivity index (χ2n) is 5.30. The molecule has 0 spiro atoms. The second kappa shape index (κ2) is 5.91. The van der Waals surface area contributed by atoms with E-state index >= 15 is 0 Å². The van der Waals surface area contributed by atoms with Crippen LogP contribution in [0.2, 0.25) is 0 Å². The van der Waals surface area contributed by atoms with Crippen LogP contribution in [0.1, 0.15) is 44.4 Å². The van der Waals surface area contributed by atoms with Gasteiger partial charge < -0.3 is 5.32 Å². The molecule has 0 amide bonds. The summed E-state index contributed by atoms with van der Waals surface area (Å²) in [6.45, 7) is 9.66. The van der Waals surface area contributed by atoms with Crippen LogP contribution in [0.5, 0.6) is 0 Å². The lowest BCUT2D eigenvalue weighted by molar-refractivity contribution is 0.829. The number of hydrogen-bond donors (Lipinski definition) is 1. The van der Waals surface area contributed by atoms with Gasteiger partial charge in [-0.3, -0.25) is 4.98 Å². The van der Waals surface area contributed by atoms with Crippen molar-refractivity contribution in [3.8, 4) is 0 Å². The van der Waals surface area contributed by atoms with Gasteiger partial charge in [-0.25, -0.2) is 0 Å². The van der Waals surface area contributed by atoms with E-state index < -0.39 is 0 Å². The first-order valence-electron chi connectivity index (χ1n) is 6.87. The van der Waals surface area contributed by atoms with Crippen molar-refractivity contribution in [2.75, 3.05) is 11.9 Å². The molecule has 102 valence electrons. The summed E-state index contributed by atoms with van der Waals surface area (Å²) in [4.78, 5) is 4.82. The fourth-order valence-corrected chi connectivity index (χ4v) is 2.75. The molecule has 0 aliphatic rings. The van der Waals surface area contributed by atoms with Crippen molar-refractivity contribution in [2.24, 2.45) is 0 Å². The maximum atomic E-state index is 4.82. The van der Waals surface area contributed by atoms with Gasteiger partial charge in [-0.2, -0.15) is 0 Å². The molecular weight excluding hydrogens is 300 g/mol. The SMILES string of the molecule is CCCNc1cc(C(C)C)nc2c(C)cc(Br)cc12. The molecule has 0 radical (unpaired) electrons. The van der Waals surface area contributed by atoms with Crippen molar-refractivity contribution in [2.45, 2.75) is 40.0 Å². The molecule has 0 saturated heterocycles. The molecule has 19 heavy (non-hydrogen) atoms. The number of benzene rings is 1. The van der Waals surface area contributed by atoms with Gasteiger partial charge in [0.05, 0.1) is 5.52 Å². The van der Waals surface area contributed by atoms with Gasteiger partial charge in [-0.1, -0.05) is 36.7 Å². The summed E-state index contributed by atoms with van der Waals surface area (Å²) in [6, 6.07) is 6.47. The summed E-state index contributed by atoms with van der Waals surface area (Å²) in [7, 11) is 0. The molecule has 3 heteroatoms. The Morgan fingerprint density at radius 1 is 1.26 bits per heavy atom. The van der Waals surface area contributed by atoms with E-state index in [0.717, 1.165) is 28.6 Å². The van der Waals surface area contributed by atoms with E-state index in [2.05, 4.69) is 67.1 Å². The van der Waals surface area contributed by atoms with Gasteiger partial charge in [-0.15, -0.1) is 0 Å². The van der Waals surface area contributed by atoms with Crippen molar-refractivity contribution in [1.82, 2.24) is 4.98 Å². The number of anilines is 1. The molecule has 0 unspecified atom stereocenters. The van der Waals surface area contributed by atoms with Crippen molar-refractivity contribution in [1.29, 1.82) is 0 Å². The molecule has 0 aliphatic carbocycles. The number of halogens is 1. The van der Waals surface area contributed by atoms with E-state index in [4.69, 9.17) is 4.98 Å². The predicted molar refractivity (Wildman–Crippen MR) is 87.0 cm³/mol. The molecule has 0 atom stereocenters. The quantitative estimate of drug-likeness (QED) is 0.832. The first-order chi connectivity index (χ1) is 9.02. The largest absolute Gasteiger partial charge is 0.384 e. The molecule has 2 nitrogen and oxygen atoms in total. The Bertz CT molecular complexity index is 591. The first kappa shape index (κ1) is 14.3. The Morgan fingerprint density at radius 2 is 2.00 bits per heavy atom. The molecule has 0 saturated carbocycles. The lowest BCUT2D eigenvalue weighted by Gasteiger charge is -2.15. The molecule has 2 rings (SSSR count). The summed E-state index contributed by atoms with van der Waals surface area (Å²) in [6.07, 6.45) is 1.12. The Labute approximate surface area is 123 Å². The highest BCUT2D eigenvalue weighted by Gasteiger charge is 2.10. The predicted octanol–water partition coefficient (Wildman–Crippen LogP) is 5.25. The van der Waals surface area contributed by atoms with Crippen LogP contribution in [0, 0.1) is 6.92 Å². The third-order valence-electron chi connectivity index (χ3n) is 3.25. The number of nitrogens with zero attached hydrogens (tertiary/aromatic N) is 1. The van der Waals surface area contributed by atoms with Crippen molar-refractivity contribution < 1.29 is 0 Å². The summed E-state index contributed by atoms with van der Waals surface area (Å²) in [5, 5.41) is 4.73. The normalized spacial score (nSPS) is 11.3. The van der Waals surface area contributed by atoms with Gasteiger partial charge in [-0.05, 0) is 43.0 Å². The third-order valence-corrected chi connectivity index (χ3v) is 3.70. The van der Waals surface area contributed by atoms with E-state index in [-0.39, 0.29) is 0 Å². The highest BCUT2D eigenvalue weighted by molar-refractivity contribution is 9.10. The molecule has 1 aromatic carbocycles. The van der Waals surface area contributed by atoms with Crippen LogP contribution in [0.25, 0.3) is 10.9 Å². The average Bonchev–Trinajstić information content (AvgIpc) is 2.35. The van der Waals surface area contributed by atoms with Crippen LogP contribution in [0.4, 0.5) is 5.69 Å². The van der Waals surface area contributed by atoms with Crippen LogP contribution in [0.3, 0.4) is 0 Å². The van der Waals surface area contributed by atoms with Gasteiger partial charge in [0.25, 0.3) is 0 Å². The van der Waals surface area contributed by atoms with Crippen LogP contribution in [-0.2, 0) is 0 Å². The topological polar surface area (TPSA) is 24.9 Å². The van der Waals surface area contributed by atoms with Crippen molar-refractivity contribution >= 4 is 32.5 Å². The summed E-state index contributed by atoms with van der Waals surface area (Å²) in [5.41, 5.74) is 4.66. The highest BCUT2D eigenvalue weighted by atomic mass is 79.9. The zero-order chi connectivity index (χ0) is 14.0. The minimum Gasteiger partial charge on any atom is -0.384 e. The number of pyridine rings is 1. The monoisotopic (exact) mass is 320 g/mol. The molecular formula is C16H21BrN2. The van der Waals surface area contributed by atoms with E-state index in [1.807, 2.05) is 0 Å². The van der Waals surface area contributed by atoms with Crippen LogP contribution in [0.15, 0.2) is 22.7 Å². The van der Waals surface area contributed by atoms with Crippen molar-refractivity contribution in [3.63, 3.8) is 0 Å². The maximum absolute atomic E-state index is 4.82. The van der Waals surface area contributed by atoms with E-state index in [1.54, 1.807) is 0 Å². The summed E-state index contributed by atoms with van der Waals surface area (Å²) in [5.74, 6) is 0.439. The van der Waals surface area contributed by atoms with Gasteiger partial charge >= 0.3 is 0 Å². The number of nitrogens with one attached hydrogen (secondary N) is 1. The molecule has 0 aliphatic heterocycles. The first-order valence-corrected chi connectivity index (χ1v) is 7.67. The molecule has 1 aromatic heterocycles. The standard InChI is InChI=1S/C16H21BrN2/c1-5-6-18-15-9-14(10(2)3)19-16-11(4)7-12(17)8-13(15)16/h7-10H,5-6H2,1-4H3,(H,18,19). The lowest BCUT2D eigenvalue weighted by atomic mass is 10.0.